The van der Waals surface area contributed by atoms with Crippen LogP contribution in [0.25, 0.3) is 0 Å². The predicted octanol–water partition coefficient (Wildman–Crippen LogP) is 3.32. The molecule has 4 aliphatic carbocycles. The van der Waals surface area contributed by atoms with E-state index >= 15 is 0 Å². The van der Waals surface area contributed by atoms with Gasteiger partial charge in [0.05, 0.1) is 23.2 Å². The number of hydrogen-bond acceptors (Lipinski definition) is 3. The Morgan fingerprint density at radius 3 is 2.57 bits per heavy atom. The number of nitrogens with zero attached hydrogens (tertiary/aromatic N) is 2. The molecule has 0 radical (unpaired) electrons. The third-order valence-electron chi connectivity index (χ3n) is 6.00. The lowest BCUT2D eigenvalue weighted by Gasteiger charge is -2.61. The Bertz CT molecular complexity index is 731. The Labute approximate surface area is 143 Å². The van der Waals surface area contributed by atoms with Crippen molar-refractivity contribution >= 4 is 29.2 Å². The minimum Gasteiger partial charge on any atom is -0.481 e. The molecule has 124 valence electrons. The molecular formula is C16H18Cl2N2O3. The minimum atomic E-state index is -0.753. The van der Waals surface area contributed by atoms with E-state index in [0.29, 0.717) is 18.3 Å². The topological polar surface area (TPSA) is 72.2 Å². The van der Waals surface area contributed by atoms with Gasteiger partial charge in [0.2, 0.25) is 0 Å². The van der Waals surface area contributed by atoms with E-state index in [0.717, 1.165) is 32.1 Å². The highest BCUT2D eigenvalue weighted by Crippen LogP contribution is 2.64. The van der Waals surface area contributed by atoms with Crippen molar-refractivity contribution in [1.82, 2.24) is 9.78 Å². The molecule has 0 aliphatic heterocycles. The maximum Gasteiger partial charge on any atom is 0.303 e. The van der Waals surface area contributed by atoms with Gasteiger partial charge in [-0.15, -0.1) is 0 Å². The Kier molecular flexibility index (Phi) is 3.34. The van der Waals surface area contributed by atoms with E-state index in [4.69, 9.17) is 23.2 Å². The first-order valence-electron chi connectivity index (χ1n) is 7.98. The average molecular weight is 357 g/mol. The van der Waals surface area contributed by atoms with Crippen molar-refractivity contribution in [3.05, 3.63) is 26.6 Å². The van der Waals surface area contributed by atoms with Crippen LogP contribution in [-0.2, 0) is 10.3 Å². The van der Waals surface area contributed by atoms with E-state index < -0.39 is 11.5 Å². The standard InChI is InChI=1S/C16H18Cl2N2O3/c17-11-7-19-20(14(23)13(11)18)16-4-9-1-10(5-16)3-15(2-9,8-16)6-12(21)22/h7,9-10H,1-6,8H2,(H,21,22)/t9-,10-,15?,16?/m0/s1. The van der Waals surface area contributed by atoms with E-state index in [1.54, 1.807) is 0 Å². The van der Waals surface area contributed by atoms with Crippen LogP contribution in [0.5, 0.6) is 0 Å². The first-order valence-corrected chi connectivity index (χ1v) is 8.74. The number of carboxylic acids is 1. The molecule has 5 rings (SSSR count). The van der Waals surface area contributed by atoms with Crippen molar-refractivity contribution in [3.63, 3.8) is 0 Å². The molecule has 0 amide bonds. The maximum atomic E-state index is 12.6. The molecule has 4 saturated carbocycles. The number of carboxylic acid groups (broad SMARTS) is 1. The van der Waals surface area contributed by atoms with Gasteiger partial charge in [-0.2, -0.15) is 5.10 Å². The first kappa shape index (κ1) is 15.5. The molecule has 7 heteroatoms. The van der Waals surface area contributed by atoms with Gasteiger partial charge in [0.15, 0.2) is 0 Å². The first-order chi connectivity index (χ1) is 10.8. The zero-order chi connectivity index (χ0) is 16.4. The molecule has 23 heavy (non-hydrogen) atoms. The zero-order valence-electron chi connectivity index (χ0n) is 12.6. The molecule has 0 aromatic carbocycles. The van der Waals surface area contributed by atoms with Crippen LogP contribution < -0.4 is 5.56 Å². The van der Waals surface area contributed by atoms with Crippen molar-refractivity contribution in [2.24, 2.45) is 17.3 Å². The van der Waals surface area contributed by atoms with Crippen LogP contribution in [0, 0.1) is 17.3 Å². The second-order valence-corrected chi connectivity index (χ2v) is 8.56. The molecule has 5 nitrogen and oxygen atoms in total. The molecule has 1 heterocycles. The van der Waals surface area contributed by atoms with Gasteiger partial charge in [0, 0.05) is 0 Å². The van der Waals surface area contributed by atoms with Gasteiger partial charge in [0.25, 0.3) is 5.56 Å². The molecule has 0 saturated heterocycles. The average Bonchev–Trinajstić information content (AvgIpc) is 2.41. The van der Waals surface area contributed by atoms with Crippen molar-refractivity contribution in [2.75, 3.05) is 0 Å². The molecule has 4 fully saturated rings. The lowest BCUT2D eigenvalue weighted by Crippen LogP contribution is -2.59. The van der Waals surface area contributed by atoms with Gasteiger partial charge in [0.1, 0.15) is 5.02 Å². The van der Waals surface area contributed by atoms with Gasteiger partial charge >= 0.3 is 5.97 Å². The molecule has 1 aromatic rings. The summed E-state index contributed by atoms with van der Waals surface area (Å²) in [6, 6.07) is 0. The highest BCUT2D eigenvalue weighted by molar-refractivity contribution is 6.41. The molecule has 2 atom stereocenters. The van der Waals surface area contributed by atoms with E-state index in [2.05, 4.69) is 5.10 Å². The number of aromatic nitrogens is 2. The third kappa shape index (κ3) is 2.31. The molecule has 1 aromatic heterocycles. The number of halogens is 2. The number of carbonyl (C=O) groups is 1. The fourth-order valence-electron chi connectivity index (χ4n) is 5.93. The molecule has 1 N–H and O–H groups in total. The normalized spacial score (nSPS) is 38.0. The van der Waals surface area contributed by atoms with Gasteiger partial charge < -0.3 is 5.11 Å². The lowest BCUT2D eigenvalue weighted by molar-refractivity contribution is -0.151. The third-order valence-corrected chi connectivity index (χ3v) is 6.75. The van der Waals surface area contributed by atoms with Crippen LogP contribution in [0.15, 0.2) is 11.0 Å². The number of aliphatic carboxylic acids is 1. The Hall–Kier alpha value is -1.07. The number of rotatable bonds is 3. The molecule has 4 aliphatic rings. The summed E-state index contributed by atoms with van der Waals surface area (Å²) in [5, 5.41) is 13.8. The van der Waals surface area contributed by atoms with Crippen LogP contribution in [-0.4, -0.2) is 20.9 Å². The van der Waals surface area contributed by atoms with Gasteiger partial charge in [-0.1, -0.05) is 23.2 Å². The Balaban J connectivity index is 1.81. The summed E-state index contributed by atoms with van der Waals surface area (Å²) in [4.78, 5) is 24.0. The molecule has 0 unspecified atom stereocenters. The molecule has 0 spiro atoms. The summed E-state index contributed by atoms with van der Waals surface area (Å²) in [7, 11) is 0. The summed E-state index contributed by atoms with van der Waals surface area (Å²) in [5.74, 6) is 0.189. The second kappa shape index (κ2) is 4.96. The number of hydrogen-bond donors (Lipinski definition) is 1. The summed E-state index contributed by atoms with van der Waals surface area (Å²) >= 11 is 11.9. The molecular weight excluding hydrogens is 339 g/mol. The Morgan fingerprint density at radius 2 is 1.96 bits per heavy atom. The van der Waals surface area contributed by atoms with Crippen LogP contribution in [0.2, 0.25) is 10.0 Å². The monoisotopic (exact) mass is 356 g/mol. The van der Waals surface area contributed by atoms with E-state index in [1.165, 1.54) is 10.9 Å². The predicted molar refractivity (Wildman–Crippen MR) is 85.9 cm³/mol. The van der Waals surface area contributed by atoms with Gasteiger partial charge in [-0.25, -0.2) is 4.68 Å². The fraction of sp³-hybridized carbons (Fsp3) is 0.688. The van der Waals surface area contributed by atoms with Crippen LogP contribution >= 0.6 is 23.2 Å². The van der Waals surface area contributed by atoms with E-state index in [-0.39, 0.29) is 27.4 Å². The summed E-state index contributed by atoms with van der Waals surface area (Å²) in [6.45, 7) is 0. The van der Waals surface area contributed by atoms with Gasteiger partial charge in [-0.05, 0) is 55.8 Å². The van der Waals surface area contributed by atoms with Crippen molar-refractivity contribution in [3.8, 4) is 0 Å². The second-order valence-electron chi connectivity index (χ2n) is 7.78. The summed E-state index contributed by atoms with van der Waals surface area (Å²) in [6.07, 6.45) is 7.11. The van der Waals surface area contributed by atoms with E-state index in [1.807, 2.05) is 0 Å². The largest absolute Gasteiger partial charge is 0.481 e. The quantitative estimate of drug-likeness (QED) is 0.901. The van der Waals surface area contributed by atoms with Crippen molar-refractivity contribution in [2.45, 2.75) is 50.5 Å². The summed E-state index contributed by atoms with van der Waals surface area (Å²) < 4.78 is 1.51. The minimum absolute atomic E-state index is 0.00435. The maximum absolute atomic E-state index is 12.6. The lowest BCUT2D eigenvalue weighted by atomic mass is 9.46. The molecule has 4 bridgehead atoms. The van der Waals surface area contributed by atoms with Crippen molar-refractivity contribution in [1.29, 1.82) is 0 Å². The van der Waals surface area contributed by atoms with Crippen LogP contribution in [0.4, 0.5) is 0 Å². The van der Waals surface area contributed by atoms with Gasteiger partial charge in [-0.3, -0.25) is 9.59 Å². The highest BCUT2D eigenvalue weighted by Gasteiger charge is 2.59. The van der Waals surface area contributed by atoms with E-state index in [9.17, 15) is 14.7 Å². The van der Waals surface area contributed by atoms with Crippen molar-refractivity contribution < 1.29 is 9.90 Å². The van der Waals surface area contributed by atoms with Crippen LogP contribution in [0.3, 0.4) is 0 Å². The SMILES string of the molecule is O=C(O)CC12C[C@@H]3C[C@@H](C1)CC(n1ncc(Cl)c(Cl)c1=O)(C3)C2. The zero-order valence-corrected chi connectivity index (χ0v) is 14.1. The Morgan fingerprint density at radius 1 is 1.30 bits per heavy atom. The smallest absolute Gasteiger partial charge is 0.303 e. The highest BCUT2D eigenvalue weighted by atomic mass is 35.5. The summed E-state index contributed by atoms with van der Waals surface area (Å²) in [5.41, 5.74) is -0.958. The fourth-order valence-corrected chi connectivity index (χ4v) is 6.18. The van der Waals surface area contributed by atoms with Crippen LogP contribution in [0.1, 0.15) is 44.9 Å².